The van der Waals surface area contributed by atoms with E-state index in [1.165, 1.54) is 6.42 Å². The van der Waals surface area contributed by atoms with E-state index in [4.69, 9.17) is 4.42 Å². The molecular formula is C16H22N2O. The van der Waals surface area contributed by atoms with Gasteiger partial charge in [-0.15, -0.1) is 0 Å². The first kappa shape index (κ1) is 12.7. The van der Waals surface area contributed by atoms with Crippen LogP contribution in [-0.2, 0) is 6.42 Å². The number of rotatable bonds is 5. The SMILES string of the molecule is CCNC(Cc1nc2ccccc2o1)C1CC1(C)C. The van der Waals surface area contributed by atoms with Crippen molar-refractivity contribution in [3.8, 4) is 0 Å². The maximum absolute atomic E-state index is 5.84. The summed E-state index contributed by atoms with van der Waals surface area (Å²) in [7, 11) is 0. The maximum atomic E-state index is 5.84. The first-order valence-electron chi connectivity index (χ1n) is 7.18. The fourth-order valence-electron chi connectivity index (χ4n) is 3.01. The Labute approximate surface area is 114 Å². The summed E-state index contributed by atoms with van der Waals surface area (Å²) in [6.45, 7) is 7.84. The molecule has 2 atom stereocenters. The molecule has 2 aromatic rings. The third-order valence-electron chi connectivity index (χ3n) is 4.27. The quantitative estimate of drug-likeness (QED) is 0.893. The van der Waals surface area contributed by atoms with E-state index in [2.05, 4.69) is 31.1 Å². The Bertz CT molecular complexity index is 540. The van der Waals surface area contributed by atoms with Crippen LogP contribution in [0.15, 0.2) is 28.7 Å². The molecule has 1 heterocycles. The third-order valence-corrected chi connectivity index (χ3v) is 4.27. The number of nitrogens with one attached hydrogen (secondary N) is 1. The van der Waals surface area contributed by atoms with Crippen LogP contribution in [0.2, 0.25) is 0 Å². The normalized spacial score (nSPS) is 22.6. The summed E-state index contributed by atoms with van der Waals surface area (Å²) >= 11 is 0. The summed E-state index contributed by atoms with van der Waals surface area (Å²) in [5.41, 5.74) is 2.32. The minimum absolute atomic E-state index is 0.471. The standard InChI is InChI=1S/C16H22N2O/c1-4-17-13(11-10-16(11,2)3)9-15-18-12-7-5-6-8-14(12)19-15/h5-8,11,13,17H,4,9-10H2,1-3H3. The number of oxazole rings is 1. The van der Waals surface area contributed by atoms with Crippen LogP contribution in [0.5, 0.6) is 0 Å². The lowest BCUT2D eigenvalue weighted by Crippen LogP contribution is -2.34. The van der Waals surface area contributed by atoms with Gasteiger partial charge in [-0.05, 0) is 36.4 Å². The summed E-state index contributed by atoms with van der Waals surface area (Å²) in [6, 6.07) is 8.46. The molecule has 3 nitrogen and oxygen atoms in total. The number of hydrogen-bond acceptors (Lipinski definition) is 3. The van der Waals surface area contributed by atoms with E-state index in [1.54, 1.807) is 0 Å². The Morgan fingerprint density at radius 2 is 2.16 bits per heavy atom. The molecule has 102 valence electrons. The van der Waals surface area contributed by atoms with E-state index in [9.17, 15) is 0 Å². The summed E-state index contributed by atoms with van der Waals surface area (Å²) in [5, 5.41) is 3.59. The lowest BCUT2D eigenvalue weighted by Gasteiger charge is -2.17. The van der Waals surface area contributed by atoms with Crippen molar-refractivity contribution in [2.24, 2.45) is 11.3 Å². The van der Waals surface area contributed by atoms with Gasteiger partial charge in [0.15, 0.2) is 11.5 Å². The Morgan fingerprint density at radius 3 is 2.79 bits per heavy atom. The molecule has 1 aliphatic carbocycles. The molecule has 2 unspecified atom stereocenters. The predicted octanol–water partition coefficient (Wildman–Crippen LogP) is 3.39. The Balaban J connectivity index is 1.78. The van der Waals surface area contributed by atoms with Crippen LogP contribution < -0.4 is 5.32 Å². The molecule has 1 aromatic carbocycles. The first-order chi connectivity index (χ1) is 9.10. The highest BCUT2D eigenvalue weighted by Gasteiger charge is 2.49. The fourth-order valence-corrected chi connectivity index (χ4v) is 3.01. The third kappa shape index (κ3) is 2.52. The molecular weight excluding hydrogens is 236 g/mol. The van der Waals surface area contributed by atoms with Crippen LogP contribution >= 0.6 is 0 Å². The van der Waals surface area contributed by atoms with Crippen LogP contribution in [0.1, 0.15) is 33.1 Å². The average Bonchev–Trinajstić information content (AvgIpc) is 2.84. The van der Waals surface area contributed by atoms with E-state index in [1.807, 2.05) is 24.3 Å². The van der Waals surface area contributed by atoms with Crippen molar-refractivity contribution in [1.82, 2.24) is 10.3 Å². The molecule has 0 radical (unpaired) electrons. The lowest BCUT2D eigenvalue weighted by molar-refractivity contribution is 0.379. The molecule has 1 N–H and O–H groups in total. The first-order valence-corrected chi connectivity index (χ1v) is 7.18. The number of hydrogen-bond donors (Lipinski definition) is 1. The Hall–Kier alpha value is -1.35. The topological polar surface area (TPSA) is 38.1 Å². The van der Waals surface area contributed by atoms with Gasteiger partial charge < -0.3 is 9.73 Å². The van der Waals surface area contributed by atoms with Crippen LogP contribution in [0.4, 0.5) is 0 Å². The number of likely N-dealkylation sites (N-methyl/N-ethyl adjacent to an activating group) is 1. The van der Waals surface area contributed by atoms with Crippen molar-refractivity contribution in [3.05, 3.63) is 30.2 Å². The smallest absolute Gasteiger partial charge is 0.197 e. The highest BCUT2D eigenvalue weighted by Crippen LogP contribution is 2.54. The summed E-state index contributed by atoms with van der Waals surface area (Å²) in [4.78, 5) is 4.59. The minimum Gasteiger partial charge on any atom is -0.441 e. The second-order valence-electron chi connectivity index (χ2n) is 6.24. The monoisotopic (exact) mass is 258 g/mol. The molecule has 0 bridgehead atoms. The van der Waals surface area contributed by atoms with Gasteiger partial charge in [0.25, 0.3) is 0 Å². The van der Waals surface area contributed by atoms with Gasteiger partial charge in [-0.25, -0.2) is 4.98 Å². The molecule has 1 saturated carbocycles. The van der Waals surface area contributed by atoms with Crippen molar-refractivity contribution < 1.29 is 4.42 Å². The van der Waals surface area contributed by atoms with Gasteiger partial charge in [-0.3, -0.25) is 0 Å². The zero-order valence-corrected chi connectivity index (χ0v) is 11.9. The van der Waals surface area contributed by atoms with Crippen LogP contribution in [0.25, 0.3) is 11.1 Å². The van der Waals surface area contributed by atoms with Crippen LogP contribution in [0.3, 0.4) is 0 Å². The van der Waals surface area contributed by atoms with Crippen molar-refractivity contribution in [1.29, 1.82) is 0 Å². The minimum atomic E-state index is 0.471. The van der Waals surface area contributed by atoms with Gasteiger partial charge in [0.2, 0.25) is 0 Å². The second kappa shape index (κ2) is 4.64. The number of benzene rings is 1. The maximum Gasteiger partial charge on any atom is 0.197 e. The Morgan fingerprint density at radius 1 is 1.42 bits per heavy atom. The van der Waals surface area contributed by atoms with Crippen molar-refractivity contribution in [2.45, 2.75) is 39.7 Å². The largest absolute Gasteiger partial charge is 0.441 e. The summed E-state index contributed by atoms with van der Waals surface area (Å²) in [5.74, 6) is 1.59. The number of fused-ring (bicyclic) bond motifs is 1. The molecule has 0 spiro atoms. The summed E-state index contributed by atoms with van der Waals surface area (Å²) in [6.07, 6.45) is 2.18. The molecule has 3 rings (SSSR count). The number of aromatic nitrogens is 1. The van der Waals surface area contributed by atoms with E-state index in [-0.39, 0.29) is 0 Å². The Kier molecular flexibility index (Phi) is 3.09. The number of nitrogens with zero attached hydrogens (tertiary/aromatic N) is 1. The highest BCUT2D eigenvalue weighted by molar-refractivity contribution is 5.72. The molecule has 1 fully saturated rings. The van der Waals surface area contributed by atoms with E-state index >= 15 is 0 Å². The zero-order chi connectivity index (χ0) is 13.5. The average molecular weight is 258 g/mol. The molecule has 1 aromatic heterocycles. The van der Waals surface area contributed by atoms with E-state index < -0.39 is 0 Å². The van der Waals surface area contributed by atoms with Crippen molar-refractivity contribution in [2.75, 3.05) is 6.54 Å². The van der Waals surface area contributed by atoms with E-state index in [0.29, 0.717) is 11.5 Å². The predicted molar refractivity (Wildman–Crippen MR) is 77.1 cm³/mol. The molecule has 1 aliphatic rings. The van der Waals surface area contributed by atoms with Gasteiger partial charge in [0, 0.05) is 12.5 Å². The molecule has 0 saturated heterocycles. The van der Waals surface area contributed by atoms with Gasteiger partial charge in [-0.1, -0.05) is 32.9 Å². The van der Waals surface area contributed by atoms with Crippen molar-refractivity contribution in [3.63, 3.8) is 0 Å². The van der Waals surface area contributed by atoms with Gasteiger partial charge in [-0.2, -0.15) is 0 Å². The molecule has 19 heavy (non-hydrogen) atoms. The molecule has 0 amide bonds. The van der Waals surface area contributed by atoms with Crippen LogP contribution in [0, 0.1) is 11.3 Å². The van der Waals surface area contributed by atoms with Gasteiger partial charge >= 0.3 is 0 Å². The van der Waals surface area contributed by atoms with Gasteiger partial charge in [0.05, 0.1) is 0 Å². The summed E-state index contributed by atoms with van der Waals surface area (Å²) < 4.78 is 5.84. The number of para-hydroxylation sites is 2. The fraction of sp³-hybridized carbons (Fsp3) is 0.562. The second-order valence-corrected chi connectivity index (χ2v) is 6.24. The van der Waals surface area contributed by atoms with Gasteiger partial charge in [0.1, 0.15) is 5.52 Å². The molecule has 3 heteroatoms. The zero-order valence-electron chi connectivity index (χ0n) is 11.9. The highest BCUT2D eigenvalue weighted by atomic mass is 16.3. The molecule has 0 aliphatic heterocycles. The van der Waals surface area contributed by atoms with Crippen molar-refractivity contribution >= 4 is 11.1 Å². The van der Waals surface area contributed by atoms with Crippen LogP contribution in [-0.4, -0.2) is 17.6 Å². The lowest BCUT2D eigenvalue weighted by atomic mass is 10.0. The van der Waals surface area contributed by atoms with E-state index in [0.717, 1.165) is 35.9 Å².